The van der Waals surface area contributed by atoms with Crippen LogP contribution in [0, 0.1) is 0 Å². The fourth-order valence-corrected chi connectivity index (χ4v) is 1.17. The van der Waals surface area contributed by atoms with Crippen molar-refractivity contribution in [2.24, 2.45) is 0 Å². The van der Waals surface area contributed by atoms with Crippen molar-refractivity contribution in [1.29, 1.82) is 0 Å². The van der Waals surface area contributed by atoms with E-state index in [-0.39, 0.29) is 13.2 Å². The van der Waals surface area contributed by atoms with Crippen molar-refractivity contribution >= 4 is 11.9 Å². The van der Waals surface area contributed by atoms with E-state index in [2.05, 4.69) is 0 Å². The van der Waals surface area contributed by atoms with E-state index < -0.39 is 24.1 Å². The Morgan fingerprint density at radius 1 is 0.900 bits per heavy atom. The normalized spacial score (nSPS) is 14.0. The highest BCUT2D eigenvalue weighted by molar-refractivity contribution is 5.78. The monoisotopic (exact) mass is 288 g/mol. The number of carbonyl (C=O) groups excluding carboxylic acids is 2. The van der Waals surface area contributed by atoms with Gasteiger partial charge in [-0.1, -0.05) is 26.7 Å². The highest BCUT2D eigenvalue weighted by Gasteiger charge is 2.16. The Balaban J connectivity index is 4.05. The van der Waals surface area contributed by atoms with E-state index in [9.17, 15) is 19.8 Å². The van der Waals surface area contributed by atoms with Crippen molar-refractivity contribution < 1.29 is 29.3 Å². The molecule has 0 aliphatic heterocycles. The van der Waals surface area contributed by atoms with Crippen molar-refractivity contribution in [3.05, 3.63) is 12.2 Å². The zero-order valence-corrected chi connectivity index (χ0v) is 12.1. The number of unbranched alkanes of at least 4 members (excludes halogenated alkanes) is 2. The summed E-state index contributed by atoms with van der Waals surface area (Å²) in [6.07, 6.45) is 2.22. The van der Waals surface area contributed by atoms with E-state index >= 15 is 0 Å². The molecule has 0 spiro atoms. The third-order valence-electron chi connectivity index (χ3n) is 2.44. The van der Waals surface area contributed by atoms with Crippen LogP contribution in [0.5, 0.6) is 0 Å². The second-order valence-corrected chi connectivity index (χ2v) is 4.32. The molecule has 116 valence electrons. The Morgan fingerprint density at radius 3 is 1.55 bits per heavy atom. The zero-order valence-electron chi connectivity index (χ0n) is 12.1. The summed E-state index contributed by atoms with van der Waals surface area (Å²) < 4.78 is 9.56. The number of aliphatic hydroxyl groups is 2. The molecule has 0 aliphatic rings. The molecule has 0 amide bonds. The van der Waals surface area contributed by atoms with Crippen LogP contribution in [0.2, 0.25) is 0 Å². The van der Waals surface area contributed by atoms with E-state index in [1.807, 2.05) is 13.8 Å². The molecule has 20 heavy (non-hydrogen) atoms. The summed E-state index contributed by atoms with van der Waals surface area (Å²) in [5.41, 5.74) is 0. The Bertz CT molecular complexity index is 283. The van der Waals surface area contributed by atoms with Gasteiger partial charge in [-0.3, -0.25) is 0 Å². The minimum absolute atomic E-state index is 0.238. The summed E-state index contributed by atoms with van der Waals surface area (Å²) in [6.45, 7) is 4.37. The second-order valence-electron chi connectivity index (χ2n) is 4.32. The van der Waals surface area contributed by atoms with Crippen LogP contribution >= 0.6 is 0 Å². The van der Waals surface area contributed by atoms with Crippen molar-refractivity contribution in [3.8, 4) is 0 Å². The Morgan fingerprint density at radius 2 is 1.25 bits per heavy atom. The first-order valence-corrected chi connectivity index (χ1v) is 6.90. The van der Waals surface area contributed by atoms with Gasteiger partial charge < -0.3 is 19.7 Å². The summed E-state index contributed by atoms with van der Waals surface area (Å²) in [7, 11) is 0. The topological polar surface area (TPSA) is 93.1 Å². The molecule has 0 radical (unpaired) electrons. The molecule has 0 rings (SSSR count). The highest BCUT2D eigenvalue weighted by Crippen LogP contribution is 1.99. The van der Waals surface area contributed by atoms with Crippen LogP contribution in [0.15, 0.2) is 12.2 Å². The van der Waals surface area contributed by atoms with E-state index in [0.717, 1.165) is 25.0 Å². The Labute approximate surface area is 119 Å². The molecule has 6 heteroatoms. The smallest absolute Gasteiger partial charge is 0.339 e. The average Bonchev–Trinajstić information content (AvgIpc) is 2.44. The third kappa shape index (κ3) is 8.66. The number of aliphatic hydroxyl groups excluding tert-OH is 2. The van der Waals surface area contributed by atoms with Crippen LogP contribution in [-0.4, -0.2) is 47.6 Å². The number of rotatable bonds is 10. The predicted octanol–water partition coefficient (Wildman–Crippen LogP) is 0.951. The fraction of sp³-hybridized carbons (Fsp3) is 0.714. The van der Waals surface area contributed by atoms with Gasteiger partial charge in [0.2, 0.25) is 0 Å². The summed E-state index contributed by atoms with van der Waals surface area (Å²) >= 11 is 0. The number of carbonyl (C=O) groups is 2. The third-order valence-corrected chi connectivity index (χ3v) is 2.44. The van der Waals surface area contributed by atoms with Gasteiger partial charge in [0, 0.05) is 0 Å². The standard InChI is InChI=1S/C14H24O6/c1-3-5-9-19-13(17)11(15)7-8-12(16)14(18)20-10-6-4-2/h7-8,11-12,15-16H,3-6,9-10H2,1-2H3/b8-7+. The largest absolute Gasteiger partial charge is 0.464 e. The van der Waals surface area contributed by atoms with Gasteiger partial charge in [-0.15, -0.1) is 0 Å². The van der Waals surface area contributed by atoms with Crippen LogP contribution in [0.4, 0.5) is 0 Å². The maximum atomic E-state index is 11.3. The summed E-state index contributed by atoms with van der Waals surface area (Å²) in [5.74, 6) is -1.61. The molecular formula is C14H24O6. The van der Waals surface area contributed by atoms with Crippen LogP contribution in [0.25, 0.3) is 0 Å². The van der Waals surface area contributed by atoms with Gasteiger partial charge in [-0.05, 0) is 25.0 Å². The van der Waals surface area contributed by atoms with Gasteiger partial charge in [-0.25, -0.2) is 9.59 Å². The molecule has 2 N–H and O–H groups in total. The highest BCUT2D eigenvalue weighted by atomic mass is 16.6. The van der Waals surface area contributed by atoms with Crippen LogP contribution in [-0.2, 0) is 19.1 Å². The molecule has 6 nitrogen and oxygen atoms in total. The van der Waals surface area contributed by atoms with E-state index in [0.29, 0.717) is 12.8 Å². The lowest BCUT2D eigenvalue weighted by Gasteiger charge is -2.08. The molecule has 0 fully saturated rings. The van der Waals surface area contributed by atoms with Crippen LogP contribution < -0.4 is 0 Å². The van der Waals surface area contributed by atoms with Gasteiger partial charge in [0.15, 0.2) is 12.2 Å². The lowest BCUT2D eigenvalue weighted by molar-refractivity contribution is -0.152. The zero-order chi connectivity index (χ0) is 15.4. The summed E-state index contributed by atoms with van der Waals surface area (Å²) in [4.78, 5) is 22.6. The molecule has 2 atom stereocenters. The quantitative estimate of drug-likeness (QED) is 0.353. The van der Waals surface area contributed by atoms with Gasteiger partial charge in [0.05, 0.1) is 13.2 Å². The van der Waals surface area contributed by atoms with Crippen molar-refractivity contribution in [2.45, 2.75) is 51.7 Å². The van der Waals surface area contributed by atoms with Gasteiger partial charge in [0.25, 0.3) is 0 Å². The number of esters is 2. The van der Waals surface area contributed by atoms with E-state index in [4.69, 9.17) is 9.47 Å². The summed E-state index contributed by atoms with van der Waals surface area (Å²) in [6, 6.07) is 0. The van der Waals surface area contributed by atoms with Crippen molar-refractivity contribution in [3.63, 3.8) is 0 Å². The molecule has 0 aromatic heterocycles. The second kappa shape index (κ2) is 11.4. The lowest BCUT2D eigenvalue weighted by Crippen LogP contribution is -2.24. The fourth-order valence-electron chi connectivity index (χ4n) is 1.17. The first-order chi connectivity index (χ1) is 9.52. The first kappa shape index (κ1) is 18.6. The molecular weight excluding hydrogens is 264 g/mol. The van der Waals surface area contributed by atoms with Gasteiger partial charge in [-0.2, -0.15) is 0 Å². The van der Waals surface area contributed by atoms with Crippen molar-refractivity contribution in [1.82, 2.24) is 0 Å². The number of hydrogen-bond acceptors (Lipinski definition) is 6. The maximum Gasteiger partial charge on any atom is 0.339 e. The van der Waals surface area contributed by atoms with Crippen LogP contribution in [0.1, 0.15) is 39.5 Å². The molecule has 0 aromatic rings. The van der Waals surface area contributed by atoms with Gasteiger partial charge in [0.1, 0.15) is 0 Å². The number of hydrogen-bond donors (Lipinski definition) is 2. The first-order valence-electron chi connectivity index (χ1n) is 6.90. The average molecular weight is 288 g/mol. The molecule has 0 bridgehead atoms. The summed E-state index contributed by atoms with van der Waals surface area (Å²) in [5, 5.41) is 18.9. The Hall–Kier alpha value is -1.40. The molecule has 0 aromatic carbocycles. The van der Waals surface area contributed by atoms with E-state index in [1.54, 1.807) is 0 Å². The minimum atomic E-state index is -1.50. The van der Waals surface area contributed by atoms with Gasteiger partial charge >= 0.3 is 11.9 Å². The molecule has 0 heterocycles. The van der Waals surface area contributed by atoms with Crippen molar-refractivity contribution in [2.75, 3.05) is 13.2 Å². The minimum Gasteiger partial charge on any atom is -0.464 e. The number of ether oxygens (including phenoxy) is 2. The molecule has 0 saturated carbocycles. The predicted molar refractivity (Wildman–Crippen MR) is 72.9 cm³/mol. The van der Waals surface area contributed by atoms with Crippen LogP contribution in [0.3, 0.4) is 0 Å². The lowest BCUT2D eigenvalue weighted by atomic mass is 10.2. The molecule has 2 unspecified atom stereocenters. The van der Waals surface area contributed by atoms with E-state index in [1.165, 1.54) is 0 Å². The Kier molecular flexibility index (Phi) is 10.6. The molecule has 0 saturated heterocycles. The SMILES string of the molecule is CCCCOC(=O)C(O)/C=C/C(O)C(=O)OCCCC. The maximum absolute atomic E-state index is 11.3. The molecule has 0 aliphatic carbocycles.